The predicted octanol–water partition coefficient (Wildman–Crippen LogP) is 5.65. The quantitative estimate of drug-likeness (QED) is 0.642. The van der Waals surface area contributed by atoms with E-state index in [9.17, 15) is 13.2 Å². The van der Waals surface area contributed by atoms with Gasteiger partial charge in [-0.25, -0.2) is 0 Å². The van der Waals surface area contributed by atoms with Gasteiger partial charge in [-0.1, -0.05) is 18.2 Å². The molecule has 0 saturated carbocycles. The van der Waals surface area contributed by atoms with E-state index >= 15 is 0 Å². The first-order chi connectivity index (χ1) is 12.5. The van der Waals surface area contributed by atoms with E-state index in [1.54, 1.807) is 12.1 Å². The van der Waals surface area contributed by atoms with Crippen molar-refractivity contribution in [2.75, 3.05) is 11.4 Å². The molecule has 0 amide bonds. The molecule has 0 aliphatic carbocycles. The van der Waals surface area contributed by atoms with Gasteiger partial charge in [-0.15, -0.1) is 0 Å². The van der Waals surface area contributed by atoms with Crippen molar-refractivity contribution >= 4 is 5.69 Å². The van der Waals surface area contributed by atoms with E-state index in [4.69, 9.17) is 0 Å². The van der Waals surface area contributed by atoms with Crippen molar-refractivity contribution < 1.29 is 13.2 Å². The van der Waals surface area contributed by atoms with E-state index < -0.39 is 11.7 Å². The van der Waals surface area contributed by atoms with Gasteiger partial charge >= 0.3 is 6.18 Å². The minimum Gasteiger partial charge on any atom is -0.367 e. The Kier molecular flexibility index (Phi) is 4.23. The standard InChI is InChI=1S/C21H19F3N2/c22-21(23,24)19-6-3-15(4-7-19)14-26-11-1-2-17-12-16(5-8-20(17)26)18-9-10-25-13-18/h3-10,12-13,25H,1-2,11,14H2. The van der Waals surface area contributed by atoms with Gasteiger partial charge in [0.1, 0.15) is 0 Å². The highest BCUT2D eigenvalue weighted by Crippen LogP contribution is 2.33. The number of aromatic amines is 1. The minimum atomic E-state index is -4.29. The van der Waals surface area contributed by atoms with Crippen LogP contribution in [0.5, 0.6) is 0 Å². The second kappa shape index (κ2) is 6.56. The number of alkyl halides is 3. The molecule has 0 saturated heterocycles. The van der Waals surface area contributed by atoms with Gasteiger partial charge in [-0.2, -0.15) is 13.2 Å². The van der Waals surface area contributed by atoms with Crippen LogP contribution in [-0.4, -0.2) is 11.5 Å². The Morgan fingerprint density at radius 3 is 2.46 bits per heavy atom. The molecule has 0 unspecified atom stereocenters. The van der Waals surface area contributed by atoms with Gasteiger partial charge in [-0.3, -0.25) is 0 Å². The number of rotatable bonds is 3. The number of benzene rings is 2. The fraction of sp³-hybridized carbons (Fsp3) is 0.238. The van der Waals surface area contributed by atoms with Crippen molar-refractivity contribution in [2.45, 2.75) is 25.6 Å². The molecule has 1 aliphatic rings. The van der Waals surface area contributed by atoms with E-state index in [1.165, 1.54) is 16.8 Å². The number of aromatic nitrogens is 1. The summed E-state index contributed by atoms with van der Waals surface area (Å²) in [5.41, 5.74) is 5.10. The Morgan fingerprint density at radius 1 is 0.962 bits per heavy atom. The third-order valence-electron chi connectivity index (χ3n) is 4.88. The van der Waals surface area contributed by atoms with Crippen LogP contribution in [0.1, 0.15) is 23.1 Å². The largest absolute Gasteiger partial charge is 0.416 e. The monoisotopic (exact) mass is 356 g/mol. The molecule has 0 atom stereocenters. The number of nitrogens with zero attached hydrogens (tertiary/aromatic N) is 1. The zero-order valence-electron chi connectivity index (χ0n) is 14.2. The molecule has 134 valence electrons. The van der Waals surface area contributed by atoms with Gasteiger partial charge < -0.3 is 9.88 Å². The highest BCUT2D eigenvalue weighted by Gasteiger charge is 2.30. The van der Waals surface area contributed by atoms with Gasteiger partial charge in [0.15, 0.2) is 0 Å². The fourth-order valence-corrected chi connectivity index (χ4v) is 3.54. The predicted molar refractivity (Wildman–Crippen MR) is 97.0 cm³/mol. The number of hydrogen-bond acceptors (Lipinski definition) is 1. The van der Waals surface area contributed by atoms with Crippen LogP contribution in [-0.2, 0) is 19.1 Å². The molecule has 26 heavy (non-hydrogen) atoms. The van der Waals surface area contributed by atoms with Crippen molar-refractivity contribution in [2.24, 2.45) is 0 Å². The van der Waals surface area contributed by atoms with Crippen molar-refractivity contribution in [3.05, 3.63) is 77.6 Å². The number of hydrogen-bond donors (Lipinski definition) is 1. The van der Waals surface area contributed by atoms with Crippen LogP contribution in [0.4, 0.5) is 18.9 Å². The average Bonchev–Trinajstić information content (AvgIpc) is 3.16. The Balaban J connectivity index is 1.56. The lowest BCUT2D eigenvalue weighted by molar-refractivity contribution is -0.137. The Hall–Kier alpha value is -2.69. The van der Waals surface area contributed by atoms with Crippen molar-refractivity contribution in [1.29, 1.82) is 0 Å². The van der Waals surface area contributed by atoms with Gasteiger partial charge in [0.2, 0.25) is 0 Å². The summed E-state index contributed by atoms with van der Waals surface area (Å²) in [6, 6.07) is 14.0. The van der Waals surface area contributed by atoms with Crippen LogP contribution in [0.2, 0.25) is 0 Å². The molecule has 2 heterocycles. The summed E-state index contributed by atoms with van der Waals surface area (Å²) >= 11 is 0. The minimum absolute atomic E-state index is 0.601. The van der Waals surface area contributed by atoms with Crippen molar-refractivity contribution in [3.63, 3.8) is 0 Å². The van der Waals surface area contributed by atoms with Gasteiger partial charge in [-0.05, 0) is 65.4 Å². The molecule has 5 heteroatoms. The summed E-state index contributed by atoms with van der Waals surface area (Å²) in [5, 5.41) is 0. The summed E-state index contributed by atoms with van der Waals surface area (Å²) < 4.78 is 38.2. The molecule has 0 spiro atoms. The smallest absolute Gasteiger partial charge is 0.367 e. The Morgan fingerprint density at radius 2 is 1.77 bits per heavy atom. The van der Waals surface area contributed by atoms with Crippen LogP contribution in [0.15, 0.2) is 60.9 Å². The van der Waals surface area contributed by atoms with E-state index in [0.29, 0.717) is 6.54 Å². The lowest BCUT2D eigenvalue weighted by Gasteiger charge is -2.32. The topological polar surface area (TPSA) is 19.0 Å². The normalized spacial score (nSPS) is 14.3. The summed E-state index contributed by atoms with van der Waals surface area (Å²) in [4.78, 5) is 5.33. The van der Waals surface area contributed by atoms with Crippen molar-refractivity contribution in [1.82, 2.24) is 4.98 Å². The van der Waals surface area contributed by atoms with Gasteiger partial charge in [0, 0.05) is 31.2 Å². The molecule has 4 rings (SSSR count). The van der Waals surface area contributed by atoms with Crippen LogP contribution >= 0.6 is 0 Å². The summed E-state index contributed by atoms with van der Waals surface area (Å²) in [5.74, 6) is 0. The number of anilines is 1. The number of aryl methyl sites for hydroxylation is 1. The molecule has 1 aliphatic heterocycles. The maximum atomic E-state index is 12.7. The summed E-state index contributed by atoms with van der Waals surface area (Å²) in [6.07, 6.45) is 1.67. The molecule has 1 N–H and O–H groups in total. The molecule has 0 fully saturated rings. The summed E-state index contributed by atoms with van der Waals surface area (Å²) in [7, 11) is 0. The Labute approximate surface area is 150 Å². The molecule has 2 aromatic carbocycles. The molecule has 0 radical (unpaired) electrons. The molecule has 2 nitrogen and oxygen atoms in total. The Bertz CT molecular complexity index is 881. The zero-order valence-corrected chi connectivity index (χ0v) is 14.2. The van der Waals surface area contributed by atoms with E-state index in [2.05, 4.69) is 28.1 Å². The number of halogens is 3. The number of H-pyrrole nitrogens is 1. The second-order valence-electron chi connectivity index (χ2n) is 6.66. The molecule has 3 aromatic rings. The van der Waals surface area contributed by atoms with Gasteiger partial charge in [0.05, 0.1) is 5.56 Å². The molecular formula is C21H19F3N2. The first kappa shape index (κ1) is 16.8. The van der Waals surface area contributed by atoms with Gasteiger partial charge in [0.25, 0.3) is 0 Å². The summed E-state index contributed by atoms with van der Waals surface area (Å²) in [6.45, 7) is 1.53. The second-order valence-corrected chi connectivity index (χ2v) is 6.66. The molecular weight excluding hydrogens is 337 g/mol. The number of nitrogens with one attached hydrogen (secondary N) is 1. The number of fused-ring (bicyclic) bond motifs is 1. The molecule has 0 bridgehead atoms. The van der Waals surface area contributed by atoms with Crippen LogP contribution in [0.3, 0.4) is 0 Å². The molecule has 1 aromatic heterocycles. The maximum absolute atomic E-state index is 12.7. The third-order valence-corrected chi connectivity index (χ3v) is 4.88. The lowest BCUT2D eigenvalue weighted by atomic mass is 9.96. The first-order valence-corrected chi connectivity index (χ1v) is 8.68. The van der Waals surface area contributed by atoms with Crippen molar-refractivity contribution in [3.8, 4) is 11.1 Å². The zero-order chi connectivity index (χ0) is 18.1. The maximum Gasteiger partial charge on any atom is 0.416 e. The first-order valence-electron chi connectivity index (χ1n) is 8.68. The fourth-order valence-electron chi connectivity index (χ4n) is 3.54. The van der Waals surface area contributed by atoms with Crippen LogP contribution in [0, 0.1) is 0 Å². The van der Waals surface area contributed by atoms with E-state index in [1.807, 2.05) is 18.5 Å². The average molecular weight is 356 g/mol. The van der Waals surface area contributed by atoms with Crippen LogP contribution < -0.4 is 4.90 Å². The van der Waals surface area contributed by atoms with E-state index in [-0.39, 0.29) is 0 Å². The third kappa shape index (κ3) is 3.34. The van der Waals surface area contributed by atoms with Crippen LogP contribution in [0.25, 0.3) is 11.1 Å². The lowest BCUT2D eigenvalue weighted by Crippen LogP contribution is -2.28. The SMILES string of the molecule is FC(F)(F)c1ccc(CN2CCCc3cc(-c4cc[nH]c4)ccc32)cc1. The highest BCUT2D eigenvalue weighted by molar-refractivity contribution is 5.69. The van der Waals surface area contributed by atoms with E-state index in [0.717, 1.165) is 42.6 Å². The highest BCUT2D eigenvalue weighted by atomic mass is 19.4.